The van der Waals surface area contributed by atoms with Gasteiger partial charge in [-0.1, -0.05) is 34.1 Å². The molecule has 4 nitrogen and oxygen atoms in total. The SMILES string of the molecule is [2H]C([2H])(OCOC)c1cccc(C([2H])([2H])OCOC)c1Br. The van der Waals surface area contributed by atoms with Crippen molar-refractivity contribution in [2.45, 2.75) is 13.1 Å². The van der Waals surface area contributed by atoms with Crippen LogP contribution in [0.4, 0.5) is 0 Å². The van der Waals surface area contributed by atoms with Gasteiger partial charge in [0.15, 0.2) is 0 Å². The van der Waals surface area contributed by atoms with E-state index in [1.165, 1.54) is 32.4 Å². The van der Waals surface area contributed by atoms with Gasteiger partial charge in [0.2, 0.25) is 0 Å². The molecule has 96 valence electrons. The molecule has 0 bridgehead atoms. The number of rotatable bonds is 8. The molecule has 0 spiro atoms. The summed E-state index contributed by atoms with van der Waals surface area (Å²) in [4.78, 5) is 0. The summed E-state index contributed by atoms with van der Waals surface area (Å²) < 4.78 is 51.2. The first-order chi connectivity index (χ1) is 9.76. The number of halogens is 1. The van der Waals surface area contributed by atoms with Gasteiger partial charge in [-0.3, -0.25) is 0 Å². The minimum atomic E-state index is -2.14. The lowest BCUT2D eigenvalue weighted by Crippen LogP contribution is -2.01. The van der Waals surface area contributed by atoms with E-state index in [-0.39, 0.29) is 29.2 Å². The molecule has 0 atom stereocenters. The van der Waals surface area contributed by atoms with E-state index in [0.717, 1.165) is 0 Å². The van der Waals surface area contributed by atoms with Gasteiger partial charge in [-0.05, 0) is 11.1 Å². The number of ether oxygens (including phenoxy) is 4. The molecule has 17 heavy (non-hydrogen) atoms. The molecule has 0 heterocycles. The van der Waals surface area contributed by atoms with E-state index < -0.39 is 13.1 Å². The quantitative estimate of drug-likeness (QED) is 0.692. The zero-order valence-corrected chi connectivity index (χ0v) is 11.2. The molecule has 5 heteroatoms. The Morgan fingerprint density at radius 2 is 1.53 bits per heavy atom. The van der Waals surface area contributed by atoms with Gasteiger partial charge in [-0.2, -0.15) is 0 Å². The Morgan fingerprint density at radius 3 is 1.94 bits per heavy atom. The fourth-order valence-electron chi connectivity index (χ4n) is 1.02. The molecular weight excluding hydrogens is 288 g/mol. The van der Waals surface area contributed by atoms with Crippen molar-refractivity contribution in [2.24, 2.45) is 0 Å². The smallest absolute Gasteiger partial charge is 0.146 e. The second kappa shape index (κ2) is 8.60. The molecule has 1 aromatic carbocycles. The maximum absolute atomic E-state index is 7.90. The van der Waals surface area contributed by atoms with Gasteiger partial charge in [0.25, 0.3) is 0 Å². The Kier molecular flexibility index (Phi) is 4.79. The van der Waals surface area contributed by atoms with Gasteiger partial charge in [0.05, 0.1) is 18.6 Å². The molecule has 0 unspecified atom stereocenters. The van der Waals surface area contributed by atoms with Crippen molar-refractivity contribution in [3.05, 3.63) is 33.8 Å². The normalized spacial score (nSPS) is 15.9. The third-order valence-corrected chi connectivity index (χ3v) is 2.57. The molecule has 0 aliphatic carbocycles. The second-order valence-electron chi connectivity index (χ2n) is 2.97. The van der Waals surface area contributed by atoms with Crippen LogP contribution in [0.25, 0.3) is 0 Å². The fourth-order valence-corrected chi connectivity index (χ4v) is 1.45. The molecule has 0 aromatic heterocycles. The van der Waals surface area contributed by atoms with Gasteiger partial charge in [-0.25, -0.2) is 0 Å². The summed E-state index contributed by atoms with van der Waals surface area (Å²) >= 11 is 3.22. The highest BCUT2D eigenvalue weighted by Crippen LogP contribution is 2.23. The molecule has 1 aromatic rings. The summed E-state index contributed by atoms with van der Waals surface area (Å²) in [5.74, 6) is 0. The van der Waals surface area contributed by atoms with Crippen molar-refractivity contribution >= 4 is 15.9 Å². The van der Waals surface area contributed by atoms with Crippen LogP contribution in [-0.2, 0) is 32.1 Å². The van der Waals surface area contributed by atoms with Crippen molar-refractivity contribution in [1.82, 2.24) is 0 Å². The second-order valence-corrected chi connectivity index (χ2v) is 3.77. The van der Waals surface area contributed by atoms with E-state index in [4.69, 9.17) is 24.4 Å². The van der Waals surface area contributed by atoms with Crippen LogP contribution in [0.15, 0.2) is 22.7 Å². The standard InChI is InChI=1S/C12H17BrO4/c1-14-8-16-6-10-4-3-5-11(12(10)13)7-17-9-15-2/h3-5H,6-9H2,1-2H3/i6D2,7D2. The van der Waals surface area contributed by atoms with Crippen LogP contribution < -0.4 is 0 Å². The van der Waals surface area contributed by atoms with Crippen LogP contribution in [0.3, 0.4) is 0 Å². The molecular formula is C12H17BrO4. The van der Waals surface area contributed by atoms with Gasteiger partial charge >= 0.3 is 0 Å². The summed E-state index contributed by atoms with van der Waals surface area (Å²) in [6.45, 7) is -4.72. The topological polar surface area (TPSA) is 36.9 Å². The van der Waals surface area contributed by atoms with Crippen molar-refractivity contribution in [1.29, 1.82) is 0 Å². The highest BCUT2D eigenvalue weighted by atomic mass is 79.9. The molecule has 0 amide bonds. The largest absolute Gasteiger partial charge is 0.359 e. The Balaban J connectivity index is 3.13. The number of benzene rings is 1. The van der Waals surface area contributed by atoms with E-state index in [1.54, 1.807) is 0 Å². The average molecular weight is 309 g/mol. The van der Waals surface area contributed by atoms with Crippen molar-refractivity contribution in [3.63, 3.8) is 0 Å². The molecule has 0 radical (unpaired) electrons. The number of methoxy groups -OCH3 is 2. The van der Waals surface area contributed by atoms with E-state index >= 15 is 0 Å². The number of hydrogen-bond donors (Lipinski definition) is 0. The predicted octanol–water partition coefficient (Wildman–Crippen LogP) is 2.69. The molecule has 0 saturated heterocycles. The third-order valence-electron chi connectivity index (χ3n) is 1.72. The summed E-state index contributed by atoms with van der Waals surface area (Å²) in [6, 6.07) is 4.52. The van der Waals surface area contributed by atoms with Gasteiger partial charge in [-0.15, -0.1) is 0 Å². The minimum Gasteiger partial charge on any atom is -0.359 e. The Bertz CT molecular complexity index is 432. The molecule has 0 aliphatic heterocycles. The summed E-state index contributed by atoms with van der Waals surface area (Å²) in [6.07, 6.45) is 0. The molecule has 0 N–H and O–H groups in total. The van der Waals surface area contributed by atoms with Crippen molar-refractivity contribution < 1.29 is 24.4 Å². The lowest BCUT2D eigenvalue weighted by atomic mass is 10.1. The van der Waals surface area contributed by atoms with Crippen molar-refractivity contribution in [2.75, 3.05) is 27.8 Å². The summed E-state index contributed by atoms with van der Waals surface area (Å²) in [7, 11) is 2.78. The lowest BCUT2D eigenvalue weighted by molar-refractivity contribution is -0.0410. The zero-order valence-electron chi connectivity index (χ0n) is 13.7. The minimum absolute atomic E-state index is 0.141. The summed E-state index contributed by atoms with van der Waals surface area (Å²) in [5, 5.41) is 0. The van der Waals surface area contributed by atoms with Crippen LogP contribution in [0.1, 0.15) is 16.6 Å². The van der Waals surface area contributed by atoms with E-state index in [9.17, 15) is 0 Å². The molecule has 0 saturated carbocycles. The molecule has 0 fully saturated rings. The Morgan fingerprint density at radius 1 is 1.06 bits per heavy atom. The summed E-state index contributed by atoms with van der Waals surface area (Å²) in [5.41, 5.74) is 0.281. The monoisotopic (exact) mass is 308 g/mol. The number of hydrogen-bond acceptors (Lipinski definition) is 4. The third kappa shape index (κ3) is 5.14. The van der Waals surface area contributed by atoms with E-state index in [2.05, 4.69) is 15.9 Å². The van der Waals surface area contributed by atoms with Crippen LogP contribution in [0, 0.1) is 0 Å². The lowest BCUT2D eigenvalue weighted by Gasteiger charge is -2.10. The van der Waals surface area contributed by atoms with Crippen LogP contribution in [-0.4, -0.2) is 27.8 Å². The van der Waals surface area contributed by atoms with Gasteiger partial charge in [0, 0.05) is 18.7 Å². The molecule has 0 aliphatic rings. The van der Waals surface area contributed by atoms with Crippen LogP contribution in [0.5, 0.6) is 0 Å². The highest BCUT2D eigenvalue weighted by Gasteiger charge is 2.05. The predicted molar refractivity (Wildman–Crippen MR) is 67.5 cm³/mol. The molecule has 1 rings (SSSR count). The first kappa shape index (κ1) is 9.47. The van der Waals surface area contributed by atoms with E-state index in [1.807, 2.05) is 0 Å². The highest BCUT2D eigenvalue weighted by molar-refractivity contribution is 9.10. The average Bonchev–Trinajstić information content (AvgIpc) is 2.43. The maximum Gasteiger partial charge on any atom is 0.146 e. The van der Waals surface area contributed by atoms with Crippen molar-refractivity contribution in [3.8, 4) is 0 Å². The first-order valence-corrected chi connectivity index (χ1v) is 5.61. The Labute approximate surface area is 116 Å². The maximum atomic E-state index is 7.90. The van der Waals surface area contributed by atoms with Gasteiger partial charge < -0.3 is 18.9 Å². The Hall–Kier alpha value is -0.460. The zero-order chi connectivity index (χ0) is 16.1. The van der Waals surface area contributed by atoms with Gasteiger partial charge in [0.1, 0.15) is 13.6 Å². The fraction of sp³-hybridized carbons (Fsp3) is 0.500. The van der Waals surface area contributed by atoms with E-state index in [0.29, 0.717) is 0 Å². The van der Waals surface area contributed by atoms with Crippen LogP contribution >= 0.6 is 15.9 Å². The first-order valence-electron chi connectivity index (χ1n) is 6.81. The van der Waals surface area contributed by atoms with Crippen LogP contribution in [0.2, 0.25) is 0 Å².